The first kappa shape index (κ1) is 11.7. The molecule has 3 fully saturated rings. The molecule has 0 N–H and O–H groups in total. The molecule has 1 aliphatic carbocycles. The van der Waals surface area contributed by atoms with Gasteiger partial charge in [0, 0.05) is 11.5 Å². The largest absolute Gasteiger partial charge is 0.497 e. The summed E-state index contributed by atoms with van der Waals surface area (Å²) in [4.78, 5) is 0. The van der Waals surface area contributed by atoms with E-state index < -0.39 is 0 Å². The molecule has 0 bridgehead atoms. The zero-order valence-electron chi connectivity index (χ0n) is 11.2. The van der Waals surface area contributed by atoms with E-state index in [4.69, 9.17) is 18.9 Å². The number of hydrogen-bond acceptors (Lipinski definition) is 4. The number of epoxide rings is 1. The highest BCUT2D eigenvalue weighted by Gasteiger charge is 2.66. The van der Waals surface area contributed by atoms with Crippen LogP contribution in [0.25, 0.3) is 0 Å². The quantitative estimate of drug-likeness (QED) is 0.767. The van der Waals surface area contributed by atoms with Crippen molar-refractivity contribution in [2.24, 2.45) is 5.92 Å². The normalized spacial score (nSPS) is 43.5. The fourth-order valence-electron chi connectivity index (χ4n) is 3.36. The minimum atomic E-state index is -0.296. The molecule has 5 atom stereocenters. The van der Waals surface area contributed by atoms with E-state index >= 15 is 0 Å². The van der Waals surface area contributed by atoms with Crippen LogP contribution in [0.5, 0.6) is 5.75 Å². The van der Waals surface area contributed by atoms with Gasteiger partial charge in [-0.25, -0.2) is 0 Å². The van der Waals surface area contributed by atoms with E-state index in [2.05, 4.69) is 6.92 Å². The fraction of sp³-hybridized carbons (Fsp3) is 0.600. The summed E-state index contributed by atoms with van der Waals surface area (Å²) in [6, 6.07) is 7.85. The van der Waals surface area contributed by atoms with Crippen LogP contribution in [0.3, 0.4) is 0 Å². The Morgan fingerprint density at radius 3 is 2.79 bits per heavy atom. The topological polar surface area (TPSA) is 40.2 Å². The second-order valence-electron chi connectivity index (χ2n) is 5.77. The van der Waals surface area contributed by atoms with Gasteiger partial charge in [-0.15, -0.1) is 0 Å². The monoisotopic (exact) mass is 262 g/mol. The zero-order valence-corrected chi connectivity index (χ0v) is 11.2. The number of benzene rings is 1. The van der Waals surface area contributed by atoms with Crippen molar-refractivity contribution >= 4 is 0 Å². The lowest BCUT2D eigenvalue weighted by molar-refractivity contribution is -0.284. The van der Waals surface area contributed by atoms with Crippen molar-refractivity contribution in [1.29, 1.82) is 0 Å². The molecule has 1 saturated carbocycles. The summed E-state index contributed by atoms with van der Waals surface area (Å²) in [7, 11) is 1.66. The number of methoxy groups -OCH3 is 1. The molecule has 19 heavy (non-hydrogen) atoms. The summed E-state index contributed by atoms with van der Waals surface area (Å²) in [5.74, 6) is 1.31. The van der Waals surface area contributed by atoms with Crippen LogP contribution in [0.1, 0.15) is 25.2 Å². The van der Waals surface area contributed by atoms with Crippen molar-refractivity contribution in [3.05, 3.63) is 29.8 Å². The van der Waals surface area contributed by atoms with Crippen molar-refractivity contribution in [2.75, 3.05) is 13.7 Å². The molecular weight excluding hydrogens is 244 g/mol. The van der Waals surface area contributed by atoms with Gasteiger partial charge in [0.1, 0.15) is 17.5 Å². The SMILES string of the molecule is COc1ccc(C2OC[C@@H]3C[C@@H]4O[C@@H]4[C@]3(C)O2)cc1. The molecule has 1 aromatic carbocycles. The predicted octanol–water partition coefficient (Wildman–Crippen LogP) is 2.29. The molecule has 0 aromatic heterocycles. The highest BCUT2D eigenvalue weighted by Crippen LogP contribution is 2.55. The molecule has 1 aromatic rings. The maximum atomic E-state index is 6.22. The molecule has 0 amide bonds. The highest BCUT2D eigenvalue weighted by molar-refractivity contribution is 5.28. The Labute approximate surface area is 112 Å². The standard InChI is InChI=1S/C15H18O4/c1-15-10(7-12-13(15)18-12)8-17-14(19-15)9-3-5-11(16-2)6-4-9/h3-6,10,12-14H,7-8H2,1-2H3/t10-,12-,13-,14?,15+/m0/s1. The first-order valence-electron chi connectivity index (χ1n) is 6.79. The van der Waals surface area contributed by atoms with E-state index in [9.17, 15) is 0 Å². The second kappa shape index (κ2) is 3.95. The van der Waals surface area contributed by atoms with Gasteiger partial charge in [0.15, 0.2) is 6.29 Å². The number of ether oxygens (including phenoxy) is 4. The van der Waals surface area contributed by atoms with Gasteiger partial charge in [0.25, 0.3) is 0 Å². The Hall–Kier alpha value is -1.10. The second-order valence-corrected chi connectivity index (χ2v) is 5.77. The molecule has 3 aliphatic rings. The lowest BCUT2D eigenvalue weighted by Crippen LogP contribution is -2.47. The van der Waals surface area contributed by atoms with Gasteiger partial charge in [0.05, 0.1) is 19.8 Å². The molecule has 2 saturated heterocycles. The van der Waals surface area contributed by atoms with Crippen molar-refractivity contribution in [2.45, 2.75) is 37.4 Å². The molecule has 4 nitrogen and oxygen atoms in total. The first-order chi connectivity index (χ1) is 9.20. The Morgan fingerprint density at radius 1 is 1.26 bits per heavy atom. The summed E-state index contributed by atoms with van der Waals surface area (Å²) in [5.41, 5.74) is 0.845. The smallest absolute Gasteiger partial charge is 0.184 e. The Morgan fingerprint density at radius 2 is 2.05 bits per heavy atom. The fourth-order valence-corrected chi connectivity index (χ4v) is 3.36. The third kappa shape index (κ3) is 1.71. The first-order valence-corrected chi connectivity index (χ1v) is 6.79. The minimum Gasteiger partial charge on any atom is -0.497 e. The van der Waals surface area contributed by atoms with Crippen molar-refractivity contribution in [3.63, 3.8) is 0 Å². The van der Waals surface area contributed by atoms with Crippen LogP contribution in [0.4, 0.5) is 0 Å². The van der Waals surface area contributed by atoms with Gasteiger partial charge in [-0.3, -0.25) is 0 Å². The summed E-state index contributed by atoms with van der Waals surface area (Å²) >= 11 is 0. The van der Waals surface area contributed by atoms with E-state index in [0.29, 0.717) is 12.0 Å². The van der Waals surface area contributed by atoms with E-state index in [1.165, 1.54) is 0 Å². The number of fused-ring (bicyclic) bond motifs is 3. The highest BCUT2D eigenvalue weighted by atomic mass is 16.7. The maximum Gasteiger partial charge on any atom is 0.184 e. The van der Waals surface area contributed by atoms with Gasteiger partial charge in [-0.2, -0.15) is 0 Å². The number of rotatable bonds is 2. The molecule has 1 unspecified atom stereocenters. The molecule has 2 heterocycles. The Bertz CT molecular complexity index is 485. The van der Waals surface area contributed by atoms with Gasteiger partial charge >= 0.3 is 0 Å². The molecule has 4 heteroatoms. The van der Waals surface area contributed by atoms with Crippen LogP contribution in [-0.2, 0) is 14.2 Å². The van der Waals surface area contributed by atoms with Gasteiger partial charge < -0.3 is 18.9 Å². The van der Waals surface area contributed by atoms with Crippen LogP contribution < -0.4 is 4.74 Å². The summed E-state index contributed by atoms with van der Waals surface area (Å²) in [6.45, 7) is 2.91. The lowest BCUT2D eigenvalue weighted by atomic mass is 9.91. The lowest BCUT2D eigenvalue weighted by Gasteiger charge is -2.41. The molecule has 2 aliphatic heterocycles. The van der Waals surface area contributed by atoms with Gasteiger partial charge in [-0.05, 0) is 25.5 Å². The Kier molecular flexibility index (Phi) is 2.43. The zero-order chi connectivity index (χ0) is 13.0. The van der Waals surface area contributed by atoms with Crippen LogP contribution in [0.2, 0.25) is 0 Å². The Balaban J connectivity index is 1.56. The molecular formula is C15H18O4. The molecule has 4 rings (SSSR count). The minimum absolute atomic E-state index is 0.187. The van der Waals surface area contributed by atoms with Crippen LogP contribution in [-0.4, -0.2) is 31.5 Å². The predicted molar refractivity (Wildman–Crippen MR) is 67.9 cm³/mol. The van der Waals surface area contributed by atoms with Crippen LogP contribution in [0, 0.1) is 5.92 Å². The average Bonchev–Trinajstić information content (AvgIpc) is 3.16. The van der Waals surface area contributed by atoms with Crippen LogP contribution in [0.15, 0.2) is 24.3 Å². The molecule has 0 spiro atoms. The summed E-state index contributed by atoms with van der Waals surface area (Å²) < 4.78 is 22.9. The third-order valence-electron chi connectivity index (χ3n) is 4.67. The average molecular weight is 262 g/mol. The van der Waals surface area contributed by atoms with Crippen LogP contribution >= 0.6 is 0 Å². The summed E-state index contributed by atoms with van der Waals surface area (Å²) in [5, 5.41) is 0. The van der Waals surface area contributed by atoms with E-state index in [1.807, 2.05) is 24.3 Å². The molecule has 102 valence electrons. The maximum absolute atomic E-state index is 6.22. The van der Waals surface area contributed by atoms with Crippen molar-refractivity contribution in [1.82, 2.24) is 0 Å². The van der Waals surface area contributed by atoms with Crippen molar-refractivity contribution in [3.8, 4) is 5.75 Å². The van der Waals surface area contributed by atoms with E-state index in [0.717, 1.165) is 24.3 Å². The van der Waals surface area contributed by atoms with Gasteiger partial charge in [0.2, 0.25) is 0 Å². The number of hydrogen-bond donors (Lipinski definition) is 0. The van der Waals surface area contributed by atoms with E-state index in [1.54, 1.807) is 7.11 Å². The van der Waals surface area contributed by atoms with Gasteiger partial charge in [-0.1, -0.05) is 12.1 Å². The van der Waals surface area contributed by atoms with Crippen molar-refractivity contribution < 1.29 is 18.9 Å². The summed E-state index contributed by atoms with van der Waals surface area (Å²) in [6.07, 6.45) is 1.43. The van der Waals surface area contributed by atoms with E-state index in [-0.39, 0.29) is 18.0 Å². The third-order valence-corrected chi connectivity index (χ3v) is 4.67. The molecule has 0 radical (unpaired) electrons.